The van der Waals surface area contributed by atoms with Crippen LogP contribution in [0, 0.1) is 0 Å². The average molecular weight is 614 g/mol. The molecule has 2 aromatic heterocycles. The molecular weight excluding hydrogens is 587 g/mol. The number of aliphatic imine (C=N–C) groups is 1. The SMILES string of the molecule is O=C(O)C(F)(F)F.O=C=N[C@](NC(=O)Nc1ccccc1)(C(=O)O)C(CCCNc1ccccn1)c1ccc2[nH]ncc2c1. The molecule has 2 atom stereocenters. The van der Waals surface area contributed by atoms with Gasteiger partial charge in [-0.25, -0.2) is 24.2 Å². The van der Waals surface area contributed by atoms with Crippen molar-refractivity contribution in [1.29, 1.82) is 0 Å². The number of alkyl halides is 3. The largest absolute Gasteiger partial charge is 0.490 e. The van der Waals surface area contributed by atoms with Crippen molar-refractivity contribution in [3.8, 4) is 0 Å². The number of amides is 2. The average Bonchev–Trinajstić information content (AvgIpc) is 3.46. The summed E-state index contributed by atoms with van der Waals surface area (Å²) < 4.78 is 31.7. The number of hydrogen-bond acceptors (Lipinski definition) is 8. The van der Waals surface area contributed by atoms with Crippen molar-refractivity contribution in [2.75, 3.05) is 17.2 Å². The van der Waals surface area contributed by atoms with E-state index in [1.54, 1.807) is 67.0 Å². The lowest BCUT2D eigenvalue weighted by atomic mass is 9.82. The van der Waals surface area contributed by atoms with Crippen LogP contribution in [0.4, 0.5) is 29.5 Å². The Kier molecular flexibility index (Phi) is 11.1. The number of urea groups is 1. The summed E-state index contributed by atoms with van der Waals surface area (Å²) in [5.74, 6) is -4.49. The molecule has 1 unspecified atom stereocenters. The van der Waals surface area contributed by atoms with Crippen LogP contribution < -0.4 is 16.0 Å². The number of pyridine rings is 1. The Labute approximate surface area is 247 Å². The third-order valence-corrected chi connectivity index (χ3v) is 6.14. The Hall–Kier alpha value is -5.76. The molecule has 0 spiro atoms. The van der Waals surface area contributed by atoms with Crippen LogP contribution in [0.1, 0.15) is 24.3 Å². The van der Waals surface area contributed by atoms with Gasteiger partial charge in [-0.05, 0) is 54.8 Å². The molecule has 0 saturated carbocycles. The molecule has 2 heterocycles. The van der Waals surface area contributed by atoms with Crippen molar-refractivity contribution in [2.45, 2.75) is 30.6 Å². The van der Waals surface area contributed by atoms with Crippen molar-refractivity contribution in [1.82, 2.24) is 20.5 Å². The van der Waals surface area contributed by atoms with Crippen molar-refractivity contribution >= 4 is 46.5 Å². The molecule has 0 saturated heterocycles. The van der Waals surface area contributed by atoms with Gasteiger partial charge in [0.25, 0.3) is 0 Å². The molecule has 0 fully saturated rings. The predicted octanol–water partition coefficient (Wildman–Crippen LogP) is 4.51. The normalized spacial score (nSPS) is 12.8. The zero-order valence-electron chi connectivity index (χ0n) is 22.7. The monoisotopic (exact) mass is 613 g/mol. The zero-order chi connectivity index (χ0) is 32.2. The van der Waals surface area contributed by atoms with E-state index >= 15 is 0 Å². The van der Waals surface area contributed by atoms with E-state index in [9.17, 15) is 32.7 Å². The molecule has 0 aliphatic heterocycles. The summed E-state index contributed by atoms with van der Waals surface area (Å²) in [4.78, 5) is 54.0. The number of carbonyl (C=O) groups is 3. The van der Waals surface area contributed by atoms with Gasteiger partial charge in [0.15, 0.2) is 0 Å². The lowest BCUT2D eigenvalue weighted by Gasteiger charge is -2.34. The standard InChI is InChI=1S/C26H25N7O4.C2HF3O2/c34-17-29-26(24(35)36,32-25(37)31-20-7-2-1-3-8-20)21(9-6-14-28-23-10-4-5-13-27-23)18-11-12-22-19(15-18)16-30-33-22;3-2(4,5)1(6)7/h1-5,7-8,10-13,15-16,21H,6,9,14H2,(H,27,28)(H,30,33)(H,35,36)(H2,31,32,37);(H,6,7)/t21?,26-;/m1./s1. The Morgan fingerprint density at radius 2 is 1.70 bits per heavy atom. The molecule has 2 amide bonds. The Morgan fingerprint density at radius 3 is 2.32 bits per heavy atom. The van der Waals surface area contributed by atoms with Gasteiger partial charge in [-0.3, -0.25) is 5.10 Å². The van der Waals surface area contributed by atoms with E-state index in [2.05, 4.69) is 36.1 Å². The fraction of sp³-hybridized carbons (Fsp3) is 0.214. The molecule has 4 aromatic rings. The number of nitrogens with zero attached hydrogens (tertiary/aromatic N) is 3. The number of aromatic nitrogens is 3. The number of carboxylic acid groups (broad SMARTS) is 2. The number of aromatic amines is 1. The van der Waals surface area contributed by atoms with Gasteiger partial charge in [0.1, 0.15) is 5.82 Å². The highest BCUT2D eigenvalue weighted by Gasteiger charge is 2.49. The van der Waals surface area contributed by atoms with Crippen molar-refractivity contribution in [2.24, 2.45) is 4.99 Å². The first-order valence-corrected chi connectivity index (χ1v) is 12.8. The zero-order valence-corrected chi connectivity index (χ0v) is 22.7. The maximum atomic E-state index is 12.9. The Balaban J connectivity index is 0.000000676. The molecule has 44 heavy (non-hydrogen) atoms. The summed E-state index contributed by atoms with van der Waals surface area (Å²) in [6.45, 7) is 0.470. The lowest BCUT2D eigenvalue weighted by Crippen LogP contribution is -2.58. The third kappa shape index (κ3) is 8.87. The van der Waals surface area contributed by atoms with Gasteiger partial charge in [-0.2, -0.15) is 23.3 Å². The van der Waals surface area contributed by atoms with Gasteiger partial charge in [0.05, 0.1) is 11.7 Å². The number of halogens is 3. The number of rotatable bonds is 11. The van der Waals surface area contributed by atoms with Crippen LogP contribution >= 0.6 is 0 Å². The molecule has 0 bridgehead atoms. The summed E-state index contributed by atoms with van der Waals surface area (Å²) >= 11 is 0. The van der Waals surface area contributed by atoms with E-state index in [1.165, 1.54) is 6.08 Å². The van der Waals surface area contributed by atoms with E-state index in [1.807, 2.05) is 12.1 Å². The molecular formula is C28H26F3N7O6. The lowest BCUT2D eigenvalue weighted by molar-refractivity contribution is -0.192. The van der Waals surface area contributed by atoms with E-state index in [-0.39, 0.29) is 6.42 Å². The van der Waals surface area contributed by atoms with Crippen molar-refractivity contribution in [3.63, 3.8) is 0 Å². The van der Waals surface area contributed by atoms with E-state index < -0.39 is 35.7 Å². The maximum absolute atomic E-state index is 12.9. The number of carbonyl (C=O) groups excluding carboxylic acids is 2. The van der Waals surface area contributed by atoms with Crippen LogP contribution in [0.2, 0.25) is 0 Å². The minimum atomic E-state index is -5.08. The van der Waals surface area contributed by atoms with Gasteiger partial charge < -0.3 is 26.2 Å². The number of carboxylic acids is 2. The number of hydrogen-bond donors (Lipinski definition) is 6. The van der Waals surface area contributed by atoms with Crippen LogP contribution in [0.5, 0.6) is 0 Å². The second-order valence-corrected chi connectivity index (χ2v) is 9.08. The molecule has 0 aliphatic rings. The minimum absolute atomic E-state index is 0.256. The Bertz CT molecular complexity index is 1610. The van der Waals surface area contributed by atoms with Gasteiger partial charge in [0.2, 0.25) is 11.7 Å². The summed E-state index contributed by atoms with van der Waals surface area (Å²) in [5.41, 5.74) is -0.546. The van der Waals surface area contributed by atoms with Gasteiger partial charge in [-0.15, -0.1) is 0 Å². The number of para-hydroxylation sites is 1. The first-order chi connectivity index (χ1) is 21.0. The fourth-order valence-electron chi connectivity index (χ4n) is 4.16. The number of nitrogens with one attached hydrogen (secondary N) is 4. The molecule has 230 valence electrons. The predicted molar refractivity (Wildman–Crippen MR) is 152 cm³/mol. The molecule has 13 nitrogen and oxygen atoms in total. The molecule has 0 radical (unpaired) electrons. The third-order valence-electron chi connectivity index (χ3n) is 6.14. The van der Waals surface area contributed by atoms with Crippen LogP contribution in [-0.4, -0.2) is 67.8 Å². The second kappa shape index (κ2) is 14.9. The highest BCUT2D eigenvalue weighted by Crippen LogP contribution is 2.36. The van der Waals surface area contributed by atoms with Crippen molar-refractivity contribution < 1.29 is 42.6 Å². The fourth-order valence-corrected chi connectivity index (χ4v) is 4.16. The number of anilines is 2. The van der Waals surface area contributed by atoms with E-state index in [4.69, 9.17) is 9.90 Å². The van der Waals surface area contributed by atoms with Gasteiger partial charge in [0, 0.05) is 29.7 Å². The molecule has 4 rings (SSSR count). The minimum Gasteiger partial charge on any atom is -0.478 e. The summed E-state index contributed by atoms with van der Waals surface area (Å²) in [7, 11) is 0. The summed E-state index contributed by atoms with van der Waals surface area (Å²) in [5, 5.41) is 33.3. The number of aliphatic carboxylic acids is 2. The number of isocyanates is 1. The number of benzene rings is 2. The summed E-state index contributed by atoms with van der Waals surface area (Å²) in [6.07, 6.45) is 0.293. The van der Waals surface area contributed by atoms with E-state index in [0.29, 0.717) is 30.0 Å². The number of fused-ring (bicyclic) bond motifs is 1. The molecule has 2 aromatic carbocycles. The van der Waals surface area contributed by atoms with E-state index in [0.717, 1.165) is 10.9 Å². The number of H-pyrrole nitrogens is 1. The van der Waals surface area contributed by atoms with Crippen LogP contribution in [-0.2, 0) is 14.4 Å². The van der Waals surface area contributed by atoms with Gasteiger partial charge >= 0.3 is 24.1 Å². The molecule has 6 N–H and O–H groups in total. The highest BCUT2D eigenvalue weighted by atomic mass is 19.4. The second-order valence-electron chi connectivity index (χ2n) is 9.08. The first-order valence-electron chi connectivity index (χ1n) is 12.8. The first kappa shape index (κ1) is 32.8. The van der Waals surface area contributed by atoms with Crippen LogP contribution in [0.25, 0.3) is 10.9 Å². The van der Waals surface area contributed by atoms with Crippen molar-refractivity contribution in [3.05, 3.63) is 84.7 Å². The quantitative estimate of drug-likeness (QED) is 0.0800. The summed E-state index contributed by atoms with van der Waals surface area (Å²) in [6, 6.07) is 18.4. The van der Waals surface area contributed by atoms with Gasteiger partial charge in [-0.1, -0.05) is 30.3 Å². The highest BCUT2D eigenvalue weighted by molar-refractivity contribution is 5.95. The topological polar surface area (TPSA) is 199 Å². The van der Waals surface area contributed by atoms with Crippen LogP contribution in [0.15, 0.2) is 84.1 Å². The smallest absolute Gasteiger partial charge is 0.478 e. The molecule has 16 heteroatoms. The van der Waals surface area contributed by atoms with Crippen LogP contribution in [0.3, 0.4) is 0 Å². The Morgan fingerprint density at radius 1 is 1.00 bits per heavy atom. The molecule has 0 aliphatic carbocycles. The maximum Gasteiger partial charge on any atom is 0.490 e.